The van der Waals surface area contributed by atoms with Gasteiger partial charge in [0.15, 0.2) is 0 Å². The summed E-state index contributed by atoms with van der Waals surface area (Å²) in [6.45, 7) is 4.30. The molecule has 0 spiro atoms. The van der Waals surface area contributed by atoms with E-state index in [1.807, 2.05) is 29.2 Å². The van der Waals surface area contributed by atoms with Gasteiger partial charge < -0.3 is 0 Å². The van der Waals surface area contributed by atoms with Crippen molar-refractivity contribution in [2.24, 2.45) is 10.1 Å². The zero-order valence-electron chi connectivity index (χ0n) is 16.5. The smallest absolute Gasteiger partial charge is 0.206 e. The lowest BCUT2D eigenvalue weighted by atomic mass is 9.96. The maximum atomic E-state index is 5.07. The van der Waals surface area contributed by atoms with Gasteiger partial charge in [0.2, 0.25) is 4.80 Å². The third-order valence-electron chi connectivity index (χ3n) is 5.36. The Kier molecular flexibility index (Phi) is 5.81. The monoisotopic (exact) mass is 390 g/mol. The van der Waals surface area contributed by atoms with Crippen LogP contribution in [0, 0.1) is 13.8 Å². The van der Waals surface area contributed by atoms with Gasteiger partial charge >= 0.3 is 0 Å². The van der Waals surface area contributed by atoms with Crippen molar-refractivity contribution in [1.29, 1.82) is 0 Å². The van der Waals surface area contributed by atoms with Crippen LogP contribution in [0.5, 0.6) is 0 Å². The zero-order valence-corrected chi connectivity index (χ0v) is 17.3. The van der Waals surface area contributed by atoms with Crippen LogP contribution in [-0.2, 0) is 0 Å². The first-order valence-electron chi connectivity index (χ1n) is 9.97. The second kappa shape index (κ2) is 8.65. The summed E-state index contributed by atoms with van der Waals surface area (Å²) in [4.78, 5) is 10.2. The van der Waals surface area contributed by atoms with E-state index in [0.29, 0.717) is 6.04 Å². The second-order valence-corrected chi connectivity index (χ2v) is 8.30. The summed E-state index contributed by atoms with van der Waals surface area (Å²) in [5.74, 6) is 0. The molecule has 2 aromatic heterocycles. The average Bonchev–Trinajstić information content (AvgIpc) is 3.12. The summed E-state index contributed by atoms with van der Waals surface area (Å²) in [5.41, 5.74) is 5.83. The molecule has 0 radical (unpaired) electrons. The quantitative estimate of drug-likeness (QED) is 0.554. The van der Waals surface area contributed by atoms with Crippen molar-refractivity contribution >= 4 is 17.6 Å². The largest absolute Gasteiger partial charge is 0.264 e. The molecule has 0 saturated heterocycles. The van der Waals surface area contributed by atoms with Crippen molar-refractivity contribution in [2.75, 3.05) is 0 Å². The molecule has 144 valence electrons. The summed E-state index contributed by atoms with van der Waals surface area (Å²) < 4.78 is 2.00. The fraction of sp³-hybridized carbons (Fsp3) is 0.348. The van der Waals surface area contributed by atoms with E-state index in [1.165, 1.54) is 48.8 Å². The van der Waals surface area contributed by atoms with Crippen LogP contribution in [0.15, 0.2) is 58.2 Å². The van der Waals surface area contributed by atoms with Gasteiger partial charge in [-0.2, -0.15) is 5.10 Å². The van der Waals surface area contributed by atoms with Crippen LogP contribution in [0.3, 0.4) is 0 Å². The molecule has 0 bridgehead atoms. The van der Waals surface area contributed by atoms with Gasteiger partial charge in [0.1, 0.15) is 0 Å². The second-order valence-electron chi connectivity index (χ2n) is 7.47. The minimum absolute atomic E-state index is 0.417. The Bertz CT molecular complexity index is 1020. The molecule has 1 aromatic carbocycles. The molecule has 1 aliphatic carbocycles. The Balaban J connectivity index is 1.78. The maximum Gasteiger partial charge on any atom is 0.206 e. The number of nitrogens with zero attached hydrogens (tertiary/aromatic N) is 4. The lowest BCUT2D eigenvalue weighted by Gasteiger charge is -2.16. The minimum Gasteiger partial charge on any atom is -0.264 e. The molecule has 3 aromatic rings. The van der Waals surface area contributed by atoms with E-state index in [4.69, 9.17) is 10.1 Å². The highest BCUT2D eigenvalue weighted by Crippen LogP contribution is 2.24. The minimum atomic E-state index is 0.417. The molecule has 0 unspecified atom stereocenters. The van der Waals surface area contributed by atoms with Crippen molar-refractivity contribution in [3.63, 3.8) is 0 Å². The van der Waals surface area contributed by atoms with E-state index < -0.39 is 0 Å². The SMILES string of the molecule is Cc1ccc(-c2csc(=NC3CCCCC3)n2N=Cc2cccnc2)cc1C. The Morgan fingerprint density at radius 1 is 1.11 bits per heavy atom. The first-order valence-corrected chi connectivity index (χ1v) is 10.8. The van der Waals surface area contributed by atoms with E-state index in [9.17, 15) is 0 Å². The van der Waals surface area contributed by atoms with Crippen molar-refractivity contribution in [2.45, 2.75) is 52.0 Å². The standard InChI is InChI=1S/C23H26N4S/c1-17-10-11-20(13-18(17)2)22-16-28-23(26-21-8-4-3-5-9-21)27(22)25-15-19-7-6-12-24-14-19/h6-7,10-16,21H,3-5,8-9H2,1-2H3. The highest BCUT2D eigenvalue weighted by molar-refractivity contribution is 7.07. The molecule has 0 N–H and O–H groups in total. The van der Waals surface area contributed by atoms with Crippen LogP contribution < -0.4 is 4.80 Å². The Hall–Kier alpha value is -2.53. The molecule has 4 nitrogen and oxygen atoms in total. The Labute approximate surface area is 170 Å². The van der Waals surface area contributed by atoms with Crippen molar-refractivity contribution in [3.05, 3.63) is 69.6 Å². The fourth-order valence-corrected chi connectivity index (χ4v) is 4.45. The van der Waals surface area contributed by atoms with Crippen molar-refractivity contribution < 1.29 is 0 Å². The van der Waals surface area contributed by atoms with Crippen LogP contribution in [0.1, 0.15) is 48.8 Å². The summed E-state index contributed by atoms with van der Waals surface area (Å²) in [6, 6.07) is 10.9. The van der Waals surface area contributed by atoms with E-state index in [-0.39, 0.29) is 0 Å². The van der Waals surface area contributed by atoms with E-state index in [1.54, 1.807) is 17.5 Å². The van der Waals surface area contributed by atoms with Crippen molar-refractivity contribution in [3.8, 4) is 11.3 Å². The number of pyridine rings is 1. The Morgan fingerprint density at radius 3 is 2.71 bits per heavy atom. The van der Waals surface area contributed by atoms with Gasteiger partial charge in [-0.25, -0.2) is 4.68 Å². The summed E-state index contributed by atoms with van der Waals surface area (Å²) >= 11 is 1.68. The predicted octanol–water partition coefficient (Wildman–Crippen LogP) is 5.34. The van der Waals surface area contributed by atoms with Crippen LogP contribution >= 0.6 is 11.3 Å². The fourth-order valence-electron chi connectivity index (χ4n) is 3.54. The summed E-state index contributed by atoms with van der Waals surface area (Å²) in [5, 5.41) is 6.97. The average molecular weight is 391 g/mol. The van der Waals surface area contributed by atoms with Crippen molar-refractivity contribution in [1.82, 2.24) is 9.66 Å². The van der Waals surface area contributed by atoms with Crippen LogP contribution in [0.4, 0.5) is 0 Å². The first-order chi connectivity index (χ1) is 13.7. The molecule has 1 fully saturated rings. The van der Waals surface area contributed by atoms with Gasteiger partial charge in [0.25, 0.3) is 0 Å². The first kappa shape index (κ1) is 18.8. The van der Waals surface area contributed by atoms with Gasteiger partial charge in [-0.1, -0.05) is 37.5 Å². The van der Waals surface area contributed by atoms with Gasteiger partial charge in [-0.15, -0.1) is 11.3 Å². The molecular weight excluding hydrogens is 364 g/mol. The molecule has 0 atom stereocenters. The Morgan fingerprint density at radius 2 is 1.96 bits per heavy atom. The van der Waals surface area contributed by atoms with Gasteiger partial charge in [-0.05, 0) is 49.9 Å². The topological polar surface area (TPSA) is 42.5 Å². The number of thiazole rings is 1. The predicted molar refractivity (Wildman–Crippen MR) is 117 cm³/mol. The third-order valence-corrected chi connectivity index (χ3v) is 6.19. The van der Waals surface area contributed by atoms with Gasteiger partial charge in [-0.3, -0.25) is 9.98 Å². The van der Waals surface area contributed by atoms with Gasteiger partial charge in [0, 0.05) is 28.9 Å². The molecule has 1 aliphatic rings. The molecule has 28 heavy (non-hydrogen) atoms. The number of aryl methyl sites for hydroxylation is 2. The number of hydrogen-bond acceptors (Lipinski definition) is 4. The van der Waals surface area contributed by atoms with Gasteiger partial charge in [0.05, 0.1) is 18.0 Å². The molecular formula is C23H26N4S. The maximum absolute atomic E-state index is 5.07. The molecule has 4 rings (SSSR count). The number of benzene rings is 1. The van der Waals surface area contributed by atoms with Crippen LogP contribution in [-0.4, -0.2) is 21.9 Å². The van der Waals surface area contributed by atoms with Crippen LogP contribution in [0.2, 0.25) is 0 Å². The zero-order chi connectivity index (χ0) is 19.3. The number of rotatable bonds is 4. The van der Waals surface area contributed by atoms with E-state index >= 15 is 0 Å². The highest BCUT2D eigenvalue weighted by atomic mass is 32.1. The lowest BCUT2D eigenvalue weighted by molar-refractivity contribution is 0.435. The summed E-state index contributed by atoms with van der Waals surface area (Å²) in [6.07, 6.45) is 11.7. The van der Waals surface area contributed by atoms with Crippen LogP contribution in [0.25, 0.3) is 11.3 Å². The molecule has 0 aliphatic heterocycles. The lowest BCUT2D eigenvalue weighted by Crippen LogP contribution is -2.19. The molecule has 1 saturated carbocycles. The number of aromatic nitrogens is 2. The molecule has 5 heteroatoms. The molecule has 2 heterocycles. The normalized spacial score (nSPS) is 16.1. The van der Waals surface area contributed by atoms with E-state index in [2.05, 4.69) is 42.4 Å². The van der Waals surface area contributed by atoms with E-state index in [0.717, 1.165) is 16.1 Å². The summed E-state index contributed by atoms with van der Waals surface area (Å²) in [7, 11) is 0. The molecule has 0 amide bonds. The highest BCUT2D eigenvalue weighted by Gasteiger charge is 2.14. The third kappa shape index (κ3) is 4.30. The number of hydrogen-bond donors (Lipinski definition) is 0.